The Morgan fingerprint density at radius 3 is 3.08 bits per heavy atom. The first kappa shape index (κ1) is 8.75. The summed E-state index contributed by atoms with van der Waals surface area (Å²) in [5.41, 5.74) is 1.25. The van der Waals surface area contributed by atoms with E-state index in [2.05, 4.69) is 24.3 Å². The summed E-state index contributed by atoms with van der Waals surface area (Å²) < 4.78 is 5.30. The first-order chi connectivity index (χ1) is 6.29. The summed E-state index contributed by atoms with van der Waals surface area (Å²) in [4.78, 5) is 0. The maximum absolute atomic E-state index is 5.30. The van der Waals surface area contributed by atoms with Gasteiger partial charge in [-0.25, -0.2) is 0 Å². The quantitative estimate of drug-likeness (QED) is 0.758. The third-order valence-electron chi connectivity index (χ3n) is 2.63. The largest absolute Gasteiger partial charge is 0.359 e. The lowest BCUT2D eigenvalue weighted by molar-refractivity contribution is 0.348. The zero-order valence-corrected chi connectivity index (χ0v) is 8.21. The summed E-state index contributed by atoms with van der Waals surface area (Å²) in [6.45, 7) is 5.44. The molecule has 0 bridgehead atoms. The van der Waals surface area contributed by atoms with Crippen LogP contribution in [-0.2, 0) is 0 Å². The van der Waals surface area contributed by atoms with Gasteiger partial charge in [0, 0.05) is 5.56 Å². The average Bonchev–Trinajstić information content (AvgIpc) is 2.74. The highest BCUT2D eigenvalue weighted by molar-refractivity contribution is 5.21. The second kappa shape index (κ2) is 3.50. The van der Waals surface area contributed by atoms with Gasteiger partial charge < -0.3 is 9.84 Å². The van der Waals surface area contributed by atoms with Crippen LogP contribution in [0.5, 0.6) is 0 Å². The van der Waals surface area contributed by atoms with Crippen LogP contribution in [0.15, 0.2) is 10.7 Å². The van der Waals surface area contributed by atoms with Crippen LogP contribution in [0.4, 0.5) is 0 Å². The Morgan fingerprint density at radius 2 is 2.46 bits per heavy atom. The molecule has 72 valence electrons. The fourth-order valence-electron chi connectivity index (χ4n) is 1.86. The Hall–Kier alpha value is -0.830. The van der Waals surface area contributed by atoms with Gasteiger partial charge in [-0.2, -0.15) is 0 Å². The Balaban J connectivity index is 2.23. The van der Waals surface area contributed by atoms with Crippen molar-refractivity contribution in [2.45, 2.75) is 38.6 Å². The van der Waals surface area contributed by atoms with Crippen LogP contribution in [0.1, 0.15) is 50.0 Å². The van der Waals surface area contributed by atoms with Crippen LogP contribution in [0, 0.1) is 0 Å². The molecule has 1 unspecified atom stereocenters. The van der Waals surface area contributed by atoms with Crippen LogP contribution < -0.4 is 5.32 Å². The van der Waals surface area contributed by atoms with Gasteiger partial charge in [0.1, 0.15) is 0 Å². The van der Waals surface area contributed by atoms with E-state index in [9.17, 15) is 0 Å². The highest BCUT2D eigenvalue weighted by Gasteiger charge is 2.24. The van der Waals surface area contributed by atoms with E-state index in [-0.39, 0.29) is 0 Å². The van der Waals surface area contributed by atoms with Crippen molar-refractivity contribution in [3.8, 4) is 0 Å². The minimum atomic E-state index is 0.403. The molecular weight excluding hydrogens is 164 g/mol. The SMILES string of the molecule is CC(C)c1cnoc1C1CCCN1. The molecule has 3 nitrogen and oxygen atoms in total. The first-order valence-electron chi connectivity index (χ1n) is 4.97. The van der Waals surface area contributed by atoms with Crippen molar-refractivity contribution in [1.82, 2.24) is 10.5 Å². The number of hydrogen-bond acceptors (Lipinski definition) is 3. The van der Waals surface area contributed by atoms with Gasteiger partial charge in [-0.3, -0.25) is 0 Å². The van der Waals surface area contributed by atoms with E-state index in [4.69, 9.17) is 4.52 Å². The molecule has 13 heavy (non-hydrogen) atoms. The first-order valence-corrected chi connectivity index (χ1v) is 4.97. The van der Waals surface area contributed by atoms with Gasteiger partial charge in [0.2, 0.25) is 0 Å². The molecule has 1 aliphatic rings. The molecule has 1 atom stereocenters. The Morgan fingerprint density at radius 1 is 1.62 bits per heavy atom. The molecule has 1 saturated heterocycles. The molecule has 3 heteroatoms. The van der Waals surface area contributed by atoms with E-state index in [0.29, 0.717) is 12.0 Å². The molecule has 0 aliphatic carbocycles. The molecule has 0 radical (unpaired) electrons. The smallest absolute Gasteiger partial charge is 0.157 e. The lowest BCUT2D eigenvalue weighted by Gasteiger charge is -2.09. The van der Waals surface area contributed by atoms with Gasteiger partial charge in [0.25, 0.3) is 0 Å². The molecule has 0 aromatic carbocycles. The minimum Gasteiger partial charge on any atom is -0.359 e. The van der Waals surface area contributed by atoms with Gasteiger partial charge >= 0.3 is 0 Å². The van der Waals surface area contributed by atoms with Crippen LogP contribution in [0.2, 0.25) is 0 Å². The number of rotatable bonds is 2. The molecule has 1 aromatic rings. The van der Waals surface area contributed by atoms with E-state index in [0.717, 1.165) is 12.3 Å². The standard InChI is InChI=1S/C10H16N2O/c1-7(2)8-6-12-13-10(8)9-4-3-5-11-9/h6-7,9,11H,3-5H2,1-2H3. The van der Waals surface area contributed by atoms with Crippen molar-refractivity contribution in [3.05, 3.63) is 17.5 Å². The molecule has 0 amide bonds. The summed E-state index contributed by atoms with van der Waals surface area (Å²) in [6, 6.07) is 0.403. The van der Waals surface area contributed by atoms with Gasteiger partial charge in [-0.1, -0.05) is 19.0 Å². The van der Waals surface area contributed by atoms with Crippen molar-refractivity contribution >= 4 is 0 Å². The normalized spacial score (nSPS) is 22.8. The molecule has 2 rings (SSSR count). The maximum atomic E-state index is 5.30. The van der Waals surface area contributed by atoms with Crippen molar-refractivity contribution in [2.75, 3.05) is 6.54 Å². The van der Waals surface area contributed by atoms with Gasteiger partial charge in [0.15, 0.2) is 5.76 Å². The van der Waals surface area contributed by atoms with Gasteiger partial charge in [-0.15, -0.1) is 0 Å². The fourth-order valence-corrected chi connectivity index (χ4v) is 1.86. The maximum Gasteiger partial charge on any atom is 0.157 e. The zero-order valence-electron chi connectivity index (χ0n) is 8.21. The Kier molecular flexibility index (Phi) is 2.36. The number of nitrogens with one attached hydrogen (secondary N) is 1. The Labute approximate surface area is 78.5 Å². The van der Waals surface area contributed by atoms with Crippen LogP contribution in [0.3, 0.4) is 0 Å². The molecule has 0 spiro atoms. The monoisotopic (exact) mass is 180 g/mol. The van der Waals surface area contributed by atoms with Gasteiger partial charge in [0.05, 0.1) is 12.2 Å². The van der Waals surface area contributed by atoms with E-state index < -0.39 is 0 Å². The third-order valence-corrected chi connectivity index (χ3v) is 2.63. The van der Waals surface area contributed by atoms with E-state index in [1.807, 2.05) is 6.20 Å². The summed E-state index contributed by atoms with van der Waals surface area (Å²) in [7, 11) is 0. The van der Waals surface area contributed by atoms with Crippen molar-refractivity contribution in [2.24, 2.45) is 0 Å². The number of nitrogens with zero attached hydrogens (tertiary/aromatic N) is 1. The number of hydrogen-bond donors (Lipinski definition) is 1. The topological polar surface area (TPSA) is 38.1 Å². The molecule has 1 fully saturated rings. The Bertz CT molecular complexity index is 274. The van der Waals surface area contributed by atoms with Crippen molar-refractivity contribution in [1.29, 1.82) is 0 Å². The summed E-state index contributed by atoms with van der Waals surface area (Å²) in [5.74, 6) is 1.55. The second-order valence-electron chi connectivity index (χ2n) is 3.95. The average molecular weight is 180 g/mol. The molecular formula is C10H16N2O. The van der Waals surface area contributed by atoms with E-state index >= 15 is 0 Å². The number of aromatic nitrogens is 1. The molecule has 1 N–H and O–H groups in total. The van der Waals surface area contributed by atoms with E-state index in [1.54, 1.807) is 0 Å². The van der Waals surface area contributed by atoms with Crippen LogP contribution in [0.25, 0.3) is 0 Å². The summed E-state index contributed by atoms with van der Waals surface area (Å²) in [5, 5.41) is 7.29. The predicted octanol–water partition coefficient (Wildman–Crippen LogP) is 2.22. The molecule has 2 heterocycles. The lowest BCUT2D eigenvalue weighted by atomic mass is 10.0. The molecule has 1 aliphatic heterocycles. The third kappa shape index (κ3) is 1.61. The molecule has 0 saturated carbocycles. The van der Waals surface area contributed by atoms with E-state index in [1.165, 1.54) is 18.4 Å². The highest BCUT2D eigenvalue weighted by atomic mass is 16.5. The van der Waals surface area contributed by atoms with Crippen LogP contribution in [-0.4, -0.2) is 11.7 Å². The van der Waals surface area contributed by atoms with Gasteiger partial charge in [-0.05, 0) is 25.3 Å². The summed E-state index contributed by atoms with van der Waals surface area (Å²) >= 11 is 0. The lowest BCUT2D eigenvalue weighted by Crippen LogP contribution is -2.13. The second-order valence-corrected chi connectivity index (χ2v) is 3.95. The fraction of sp³-hybridized carbons (Fsp3) is 0.700. The van der Waals surface area contributed by atoms with Crippen molar-refractivity contribution < 1.29 is 4.52 Å². The zero-order chi connectivity index (χ0) is 9.26. The summed E-state index contributed by atoms with van der Waals surface area (Å²) in [6.07, 6.45) is 4.26. The minimum absolute atomic E-state index is 0.403. The highest BCUT2D eigenvalue weighted by Crippen LogP contribution is 2.29. The van der Waals surface area contributed by atoms with Crippen molar-refractivity contribution in [3.63, 3.8) is 0 Å². The molecule has 1 aromatic heterocycles. The van der Waals surface area contributed by atoms with Crippen LogP contribution >= 0.6 is 0 Å². The predicted molar refractivity (Wildman–Crippen MR) is 50.6 cm³/mol.